The maximum Gasteiger partial charge on any atom is 0.186 e. The van der Waals surface area contributed by atoms with E-state index in [1.54, 1.807) is 7.11 Å². The molecule has 0 saturated heterocycles. The lowest BCUT2D eigenvalue weighted by atomic mass is 10.1. The van der Waals surface area contributed by atoms with Crippen molar-refractivity contribution in [1.29, 1.82) is 0 Å². The molecule has 0 aliphatic heterocycles. The standard InChI is InChI=1S/C10H24O2Si/c1-7-13(5,6)12-8-9(2)10(3)11-4/h9-10H,7-8H2,1-6H3. The van der Waals surface area contributed by atoms with Crippen LogP contribution in [0.4, 0.5) is 0 Å². The molecule has 80 valence electrons. The zero-order valence-corrected chi connectivity index (χ0v) is 10.9. The third-order valence-corrected chi connectivity index (χ3v) is 5.41. The van der Waals surface area contributed by atoms with E-state index in [4.69, 9.17) is 9.16 Å². The Bertz CT molecular complexity index is 137. The summed E-state index contributed by atoms with van der Waals surface area (Å²) in [5.41, 5.74) is 0. The van der Waals surface area contributed by atoms with Crippen molar-refractivity contribution in [2.75, 3.05) is 13.7 Å². The molecule has 0 radical (unpaired) electrons. The second kappa shape index (κ2) is 5.78. The van der Waals surface area contributed by atoms with E-state index < -0.39 is 8.32 Å². The first-order chi connectivity index (χ1) is 5.93. The van der Waals surface area contributed by atoms with Crippen molar-refractivity contribution in [1.82, 2.24) is 0 Å². The third kappa shape index (κ3) is 5.44. The molecule has 0 aliphatic carbocycles. The highest BCUT2D eigenvalue weighted by Gasteiger charge is 2.21. The van der Waals surface area contributed by atoms with E-state index in [0.29, 0.717) is 12.0 Å². The highest BCUT2D eigenvalue weighted by Crippen LogP contribution is 2.14. The maximum absolute atomic E-state index is 5.92. The van der Waals surface area contributed by atoms with E-state index in [1.165, 1.54) is 6.04 Å². The largest absolute Gasteiger partial charge is 0.417 e. The van der Waals surface area contributed by atoms with Gasteiger partial charge in [-0.15, -0.1) is 0 Å². The van der Waals surface area contributed by atoms with Crippen LogP contribution in [0.3, 0.4) is 0 Å². The fourth-order valence-corrected chi connectivity index (χ4v) is 1.75. The van der Waals surface area contributed by atoms with Crippen molar-refractivity contribution in [3.63, 3.8) is 0 Å². The van der Waals surface area contributed by atoms with Crippen LogP contribution in [-0.2, 0) is 9.16 Å². The Kier molecular flexibility index (Phi) is 5.84. The summed E-state index contributed by atoms with van der Waals surface area (Å²) < 4.78 is 11.2. The van der Waals surface area contributed by atoms with Gasteiger partial charge >= 0.3 is 0 Å². The van der Waals surface area contributed by atoms with Gasteiger partial charge in [0, 0.05) is 19.6 Å². The van der Waals surface area contributed by atoms with Gasteiger partial charge in [-0.1, -0.05) is 13.8 Å². The summed E-state index contributed by atoms with van der Waals surface area (Å²) in [5, 5.41) is 0. The lowest BCUT2D eigenvalue weighted by molar-refractivity contribution is 0.0506. The number of hydrogen-bond donors (Lipinski definition) is 0. The first kappa shape index (κ1) is 13.1. The van der Waals surface area contributed by atoms with E-state index >= 15 is 0 Å². The average Bonchev–Trinajstić information content (AvgIpc) is 2.13. The summed E-state index contributed by atoms with van der Waals surface area (Å²) in [7, 11) is 0.399. The van der Waals surface area contributed by atoms with Crippen LogP contribution in [0.2, 0.25) is 19.1 Å². The molecule has 2 nitrogen and oxygen atoms in total. The summed E-state index contributed by atoms with van der Waals surface area (Å²) in [6.07, 6.45) is 0.293. The van der Waals surface area contributed by atoms with Crippen LogP contribution in [0.15, 0.2) is 0 Å². The monoisotopic (exact) mass is 204 g/mol. The molecule has 0 heterocycles. The second-order valence-corrected chi connectivity index (χ2v) is 8.86. The molecular formula is C10H24O2Si. The lowest BCUT2D eigenvalue weighted by Crippen LogP contribution is -2.33. The Morgan fingerprint density at radius 1 is 1.23 bits per heavy atom. The highest BCUT2D eigenvalue weighted by atomic mass is 28.4. The summed E-state index contributed by atoms with van der Waals surface area (Å²) >= 11 is 0. The summed E-state index contributed by atoms with van der Waals surface area (Å²) in [6, 6.07) is 1.18. The van der Waals surface area contributed by atoms with Crippen molar-refractivity contribution in [3.05, 3.63) is 0 Å². The molecule has 0 bridgehead atoms. The van der Waals surface area contributed by atoms with E-state index in [1.807, 2.05) is 0 Å². The maximum atomic E-state index is 5.92. The average molecular weight is 204 g/mol. The number of ether oxygens (including phenoxy) is 1. The van der Waals surface area contributed by atoms with Crippen LogP contribution >= 0.6 is 0 Å². The van der Waals surface area contributed by atoms with Crippen LogP contribution < -0.4 is 0 Å². The van der Waals surface area contributed by atoms with E-state index in [0.717, 1.165) is 6.61 Å². The van der Waals surface area contributed by atoms with Crippen molar-refractivity contribution in [3.8, 4) is 0 Å². The molecule has 2 unspecified atom stereocenters. The molecule has 0 aromatic heterocycles. The minimum atomic E-state index is -1.35. The molecule has 0 aromatic carbocycles. The molecule has 0 rings (SSSR count). The smallest absolute Gasteiger partial charge is 0.186 e. The molecule has 0 N–H and O–H groups in total. The minimum absolute atomic E-state index is 0.293. The minimum Gasteiger partial charge on any atom is -0.417 e. The quantitative estimate of drug-likeness (QED) is 0.619. The molecule has 0 fully saturated rings. The zero-order valence-electron chi connectivity index (χ0n) is 9.89. The first-order valence-electron chi connectivity index (χ1n) is 5.09. The molecule has 0 amide bonds. The van der Waals surface area contributed by atoms with E-state index in [9.17, 15) is 0 Å². The van der Waals surface area contributed by atoms with Gasteiger partial charge in [0.2, 0.25) is 0 Å². The Balaban J connectivity index is 3.75. The molecule has 0 aliphatic rings. The van der Waals surface area contributed by atoms with Gasteiger partial charge in [-0.3, -0.25) is 0 Å². The zero-order chi connectivity index (χ0) is 10.5. The van der Waals surface area contributed by atoms with Gasteiger partial charge in [-0.2, -0.15) is 0 Å². The number of methoxy groups -OCH3 is 1. The van der Waals surface area contributed by atoms with Gasteiger partial charge in [0.25, 0.3) is 0 Å². The Morgan fingerprint density at radius 2 is 1.77 bits per heavy atom. The molecule has 0 aromatic rings. The highest BCUT2D eigenvalue weighted by molar-refractivity contribution is 6.71. The van der Waals surface area contributed by atoms with Crippen molar-refractivity contribution in [2.45, 2.75) is 46.0 Å². The Hall–Kier alpha value is 0.137. The second-order valence-electron chi connectivity index (χ2n) is 4.34. The lowest BCUT2D eigenvalue weighted by Gasteiger charge is -2.25. The van der Waals surface area contributed by atoms with Gasteiger partial charge in [0.15, 0.2) is 8.32 Å². The van der Waals surface area contributed by atoms with E-state index in [2.05, 4.69) is 33.9 Å². The van der Waals surface area contributed by atoms with Gasteiger partial charge in [0.1, 0.15) is 0 Å². The third-order valence-electron chi connectivity index (χ3n) is 2.76. The van der Waals surface area contributed by atoms with Crippen molar-refractivity contribution >= 4 is 8.32 Å². The van der Waals surface area contributed by atoms with Crippen LogP contribution in [0.1, 0.15) is 20.8 Å². The molecular weight excluding hydrogens is 180 g/mol. The predicted molar refractivity (Wildman–Crippen MR) is 59.6 cm³/mol. The molecule has 13 heavy (non-hydrogen) atoms. The van der Waals surface area contributed by atoms with Gasteiger partial charge in [-0.25, -0.2) is 0 Å². The van der Waals surface area contributed by atoms with Gasteiger partial charge in [-0.05, 0) is 26.1 Å². The van der Waals surface area contributed by atoms with Crippen molar-refractivity contribution in [2.24, 2.45) is 5.92 Å². The molecule has 0 spiro atoms. The normalized spacial score (nSPS) is 17.1. The summed E-state index contributed by atoms with van der Waals surface area (Å²) in [5.74, 6) is 0.489. The first-order valence-corrected chi connectivity index (χ1v) is 8.21. The SMILES string of the molecule is CC[Si](C)(C)OCC(C)C(C)OC. The number of rotatable bonds is 6. The van der Waals surface area contributed by atoms with Crippen LogP contribution in [0.25, 0.3) is 0 Å². The topological polar surface area (TPSA) is 18.5 Å². The van der Waals surface area contributed by atoms with Gasteiger partial charge < -0.3 is 9.16 Å². The molecule has 0 saturated carbocycles. The molecule has 3 heteroatoms. The van der Waals surface area contributed by atoms with E-state index in [-0.39, 0.29) is 0 Å². The fourth-order valence-electron chi connectivity index (χ4n) is 0.827. The van der Waals surface area contributed by atoms with Crippen LogP contribution in [-0.4, -0.2) is 28.1 Å². The van der Waals surface area contributed by atoms with Gasteiger partial charge in [0.05, 0.1) is 6.10 Å². The fraction of sp³-hybridized carbons (Fsp3) is 1.00. The predicted octanol–water partition coefficient (Wildman–Crippen LogP) is 2.90. The Morgan fingerprint density at radius 3 is 2.15 bits per heavy atom. The summed E-state index contributed by atoms with van der Waals surface area (Å²) in [6.45, 7) is 11.8. The van der Waals surface area contributed by atoms with Crippen molar-refractivity contribution < 1.29 is 9.16 Å². The number of hydrogen-bond acceptors (Lipinski definition) is 2. The Labute approximate surface area is 83.8 Å². The summed E-state index contributed by atoms with van der Waals surface area (Å²) in [4.78, 5) is 0. The molecule has 2 atom stereocenters. The van der Waals surface area contributed by atoms with Crippen LogP contribution in [0, 0.1) is 5.92 Å². The van der Waals surface area contributed by atoms with Crippen LogP contribution in [0.5, 0.6) is 0 Å².